The number of anilines is 1. The van der Waals surface area contributed by atoms with E-state index in [1.165, 1.54) is 48.5 Å². The van der Waals surface area contributed by atoms with Crippen molar-refractivity contribution in [3.63, 3.8) is 0 Å². The number of halogens is 2. The SMILES string of the molecule is CN(C)CCN(Cc1ccc(F)cc1)C(=O)c1ccc(NS(=O)(=O)c2ccc(F)cc2)cc1. The van der Waals surface area contributed by atoms with Gasteiger partial charge < -0.3 is 9.80 Å². The fourth-order valence-corrected chi connectivity index (χ4v) is 4.13. The van der Waals surface area contributed by atoms with E-state index in [4.69, 9.17) is 0 Å². The summed E-state index contributed by atoms with van der Waals surface area (Å²) in [5.41, 5.74) is 1.46. The Labute approximate surface area is 192 Å². The zero-order valence-corrected chi connectivity index (χ0v) is 19.1. The molecule has 0 heterocycles. The zero-order chi connectivity index (χ0) is 24.0. The maximum absolute atomic E-state index is 13.2. The second-order valence-electron chi connectivity index (χ2n) is 7.79. The van der Waals surface area contributed by atoms with E-state index < -0.39 is 15.8 Å². The summed E-state index contributed by atoms with van der Waals surface area (Å²) in [7, 11) is -0.0794. The molecule has 0 radical (unpaired) electrons. The maximum atomic E-state index is 13.2. The second kappa shape index (κ2) is 10.5. The highest BCUT2D eigenvalue weighted by atomic mass is 32.2. The summed E-state index contributed by atoms with van der Waals surface area (Å²) in [6.07, 6.45) is 0. The van der Waals surface area contributed by atoms with Gasteiger partial charge in [-0.2, -0.15) is 0 Å². The van der Waals surface area contributed by atoms with E-state index in [0.717, 1.165) is 17.7 Å². The van der Waals surface area contributed by atoms with Gasteiger partial charge in [-0.1, -0.05) is 12.1 Å². The van der Waals surface area contributed by atoms with Crippen molar-refractivity contribution in [3.05, 3.63) is 95.6 Å². The van der Waals surface area contributed by atoms with Crippen LogP contribution in [0.5, 0.6) is 0 Å². The number of benzene rings is 3. The molecular formula is C24H25F2N3O3S. The molecule has 3 aromatic rings. The first kappa shape index (κ1) is 24.3. The Bertz CT molecular complexity index is 1180. The minimum absolute atomic E-state index is 0.0711. The first-order valence-electron chi connectivity index (χ1n) is 10.2. The Hall–Kier alpha value is -3.30. The predicted molar refractivity (Wildman–Crippen MR) is 123 cm³/mol. The number of nitrogens with one attached hydrogen (secondary N) is 1. The molecule has 0 atom stereocenters. The van der Waals surface area contributed by atoms with Gasteiger partial charge in [0.25, 0.3) is 15.9 Å². The molecule has 0 aliphatic heterocycles. The number of hydrogen-bond acceptors (Lipinski definition) is 4. The van der Waals surface area contributed by atoms with Gasteiger partial charge in [0.15, 0.2) is 0 Å². The van der Waals surface area contributed by atoms with Gasteiger partial charge in [0.1, 0.15) is 11.6 Å². The summed E-state index contributed by atoms with van der Waals surface area (Å²) < 4.78 is 53.7. The molecule has 1 N–H and O–H groups in total. The van der Waals surface area contributed by atoms with Crippen LogP contribution in [0.4, 0.5) is 14.5 Å². The molecule has 0 aliphatic carbocycles. The van der Waals surface area contributed by atoms with Gasteiger partial charge >= 0.3 is 0 Å². The molecule has 6 nitrogen and oxygen atoms in total. The van der Waals surface area contributed by atoms with E-state index in [0.29, 0.717) is 25.2 Å². The lowest BCUT2D eigenvalue weighted by molar-refractivity contribution is 0.0732. The molecule has 33 heavy (non-hydrogen) atoms. The molecule has 0 saturated carbocycles. The van der Waals surface area contributed by atoms with E-state index >= 15 is 0 Å². The minimum Gasteiger partial charge on any atom is -0.333 e. The molecule has 0 unspecified atom stereocenters. The quantitative estimate of drug-likeness (QED) is 0.511. The summed E-state index contributed by atoms with van der Waals surface area (Å²) in [5.74, 6) is -1.10. The van der Waals surface area contributed by atoms with E-state index in [1.807, 2.05) is 19.0 Å². The van der Waals surface area contributed by atoms with Gasteiger partial charge in [-0.25, -0.2) is 17.2 Å². The number of rotatable bonds is 9. The molecule has 0 aliphatic rings. The number of likely N-dealkylation sites (N-methyl/N-ethyl adjacent to an activating group) is 1. The average Bonchev–Trinajstić information content (AvgIpc) is 2.78. The number of carbonyl (C=O) groups excluding carboxylic acids is 1. The summed E-state index contributed by atoms with van der Waals surface area (Å²) in [4.78, 5) is 16.7. The summed E-state index contributed by atoms with van der Waals surface area (Å²) in [6, 6.07) is 16.5. The predicted octanol–water partition coefficient (Wildman–Crippen LogP) is 3.97. The smallest absolute Gasteiger partial charge is 0.261 e. The van der Waals surface area contributed by atoms with Crippen molar-refractivity contribution in [2.45, 2.75) is 11.4 Å². The summed E-state index contributed by atoms with van der Waals surface area (Å²) >= 11 is 0. The lowest BCUT2D eigenvalue weighted by Crippen LogP contribution is -2.36. The highest BCUT2D eigenvalue weighted by molar-refractivity contribution is 7.92. The van der Waals surface area contributed by atoms with Crippen molar-refractivity contribution in [3.8, 4) is 0 Å². The van der Waals surface area contributed by atoms with Crippen molar-refractivity contribution in [2.75, 3.05) is 31.9 Å². The van der Waals surface area contributed by atoms with E-state index in [1.54, 1.807) is 17.0 Å². The third kappa shape index (κ3) is 6.84. The van der Waals surface area contributed by atoms with Crippen LogP contribution in [0.3, 0.4) is 0 Å². The van der Waals surface area contributed by atoms with Crippen LogP contribution in [0.25, 0.3) is 0 Å². The summed E-state index contributed by atoms with van der Waals surface area (Å²) in [6.45, 7) is 1.41. The standard InChI is InChI=1S/C24H25F2N3O3S/c1-28(2)15-16-29(17-18-3-7-20(25)8-4-18)24(30)19-5-11-22(12-6-19)27-33(31,32)23-13-9-21(26)10-14-23/h3-14,27H,15-17H2,1-2H3. The van der Waals surface area contributed by atoms with Crippen LogP contribution in [0.15, 0.2) is 77.7 Å². The van der Waals surface area contributed by atoms with Crippen molar-refractivity contribution in [1.82, 2.24) is 9.80 Å². The lowest BCUT2D eigenvalue weighted by atomic mass is 10.1. The average molecular weight is 474 g/mol. The van der Waals surface area contributed by atoms with E-state index in [2.05, 4.69) is 4.72 Å². The molecule has 0 saturated heterocycles. The number of carbonyl (C=O) groups is 1. The third-order valence-corrected chi connectivity index (χ3v) is 6.30. The van der Waals surface area contributed by atoms with Crippen LogP contribution in [-0.4, -0.2) is 51.3 Å². The van der Waals surface area contributed by atoms with Gasteiger partial charge in [-0.15, -0.1) is 0 Å². The maximum Gasteiger partial charge on any atom is 0.261 e. The lowest BCUT2D eigenvalue weighted by Gasteiger charge is -2.25. The van der Waals surface area contributed by atoms with Crippen molar-refractivity contribution < 1.29 is 22.0 Å². The van der Waals surface area contributed by atoms with Gasteiger partial charge in [0, 0.05) is 30.9 Å². The molecule has 0 spiro atoms. The molecular weight excluding hydrogens is 448 g/mol. The third-order valence-electron chi connectivity index (χ3n) is 4.90. The zero-order valence-electron chi connectivity index (χ0n) is 18.3. The largest absolute Gasteiger partial charge is 0.333 e. The van der Waals surface area contributed by atoms with Crippen LogP contribution in [0, 0.1) is 11.6 Å². The summed E-state index contributed by atoms with van der Waals surface area (Å²) in [5, 5.41) is 0. The molecule has 174 valence electrons. The van der Waals surface area contributed by atoms with Gasteiger partial charge in [-0.05, 0) is 80.3 Å². The number of sulfonamides is 1. The number of hydrogen-bond donors (Lipinski definition) is 1. The molecule has 0 bridgehead atoms. The Morgan fingerprint density at radius 2 is 1.36 bits per heavy atom. The Balaban J connectivity index is 1.75. The molecule has 0 fully saturated rings. The molecule has 3 rings (SSSR count). The van der Waals surface area contributed by atoms with Crippen molar-refractivity contribution >= 4 is 21.6 Å². The van der Waals surface area contributed by atoms with Gasteiger partial charge in [-0.3, -0.25) is 9.52 Å². The number of nitrogens with zero attached hydrogens (tertiary/aromatic N) is 2. The Morgan fingerprint density at radius 3 is 1.91 bits per heavy atom. The monoisotopic (exact) mass is 473 g/mol. The van der Waals surface area contributed by atoms with Crippen LogP contribution in [-0.2, 0) is 16.6 Å². The van der Waals surface area contributed by atoms with Crippen molar-refractivity contribution in [2.24, 2.45) is 0 Å². The van der Waals surface area contributed by atoms with Gasteiger partial charge in [0.05, 0.1) is 4.90 Å². The van der Waals surface area contributed by atoms with E-state index in [-0.39, 0.29) is 22.3 Å². The molecule has 3 aromatic carbocycles. The first-order valence-corrected chi connectivity index (χ1v) is 11.7. The van der Waals surface area contributed by atoms with E-state index in [9.17, 15) is 22.0 Å². The fourth-order valence-electron chi connectivity index (χ4n) is 3.07. The van der Waals surface area contributed by atoms with Crippen LogP contribution in [0.2, 0.25) is 0 Å². The second-order valence-corrected chi connectivity index (χ2v) is 9.48. The first-order chi connectivity index (χ1) is 15.6. The minimum atomic E-state index is -3.89. The normalized spacial score (nSPS) is 11.4. The highest BCUT2D eigenvalue weighted by Gasteiger charge is 2.18. The molecule has 1 amide bonds. The number of amides is 1. The van der Waals surface area contributed by atoms with Crippen LogP contribution in [0.1, 0.15) is 15.9 Å². The molecule has 9 heteroatoms. The van der Waals surface area contributed by atoms with Crippen molar-refractivity contribution in [1.29, 1.82) is 0 Å². The fraction of sp³-hybridized carbons (Fsp3) is 0.208. The Kier molecular flexibility index (Phi) is 7.78. The topological polar surface area (TPSA) is 69.7 Å². The highest BCUT2D eigenvalue weighted by Crippen LogP contribution is 2.18. The van der Waals surface area contributed by atoms with Crippen LogP contribution < -0.4 is 4.72 Å². The molecule has 0 aromatic heterocycles. The van der Waals surface area contributed by atoms with Gasteiger partial charge in [0.2, 0.25) is 0 Å². The Morgan fingerprint density at radius 1 is 0.818 bits per heavy atom. The van der Waals surface area contributed by atoms with Crippen LogP contribution >= 0.6 is 0 Å².